The molecule has 0 spiro atoms. The van der Waals surface area contributed by atoms with E-state index in [1.165, 1.54) is 19.2 Å². The average Bonchev–Trinajstić information content (AvgIpc) is 3.57. The van der Waals surface area contributed by atoms with E-state index in [1.54, 1.807) is 18.5 Å². The molecule has 1 aromatic carbocycles. The van der Waals surface area contributed by atoms with Crippen molar-refractivity contribution in [2.75, 3.05) is 7.11 Å². The fraction of sp³-hybridized carbons (Fsp3) is 0.433. The molecule has 3 aromatic heterocycles. The van der Waals surface area contributed by atoms with Crippen LogP contribution in [0.2, 0.25) is 10.0 Å². The Morgan fingerprint density at radius 1 is 1.05 bits per heavy atom. The van der Waals surface area contributed by atoms with Crippen molar-refractivity contribution in [3.63, 3.8) is 0 Å². The topological polar surface area (TPSA) is 134 Å². The first-order chi connectivity index (χ1) is 20.3. The Bertz CT molecular complexity index is 1640. The van der Waals surface area contributed by atoms with Crippen molar-refractivity contribution in [1.82, 2.24) is 20.3 Å². The molecule has 42 heavy (non-hydrogen) atoms. The Labute approximate surface area is 251 Å². The van der Waals surface area contributed by atoms with Gasteiger partial charge >= 0.3 is 5.97 Å². The van der Waals surface area contributed by atoms with Gasteiger partial charge in [-0.25, -0.2) is 4.79 Å². The molecule has 4 aliphatic rings. The molecule has 4 saturated carbocycles. The first-order valence-corrected chi connectivity index (χ1v) is 14.7. The van der Waals surface area contributed by atoms with Crippen molar-refractivity contribution in [2.24, 2.45) is 0 Å². The van der Waals surface area contributed by atoms with Crippen LogP contribution in [0.15, 0.2) is 39.6 Å². The molecule has 0 saturated heterocycles. The van der Waals surface area contributed by atoms with E-state index < -0.39 is 5.97 Å². The number of aromatic nitrogens is 4. The lowest BCUT2D eigenvalue weighted by Crippen LogP contribution is -2.49. The number of methoxy groups -OCH3 is 1. The number of nitrogens with zero attached hydrogens (tertiary/aromatic N) is 4. The second-order valence-corrected chi connectivity index (χ2v) is 12.3. The second-order valence-electron chi connectivity index (χ2n) is 11.5. The summed E-state index contributed by atoms with van der Waals surface area (Å²) in [7, 11) is 1.53. The molecule has 0 atom stereocenters. The Kier molecular flexibility index (Phi) is 6.75. The zero-order valence-electron chi connectivity index (χ0n) is 22.9. The highest BCUT2D eigenvalue weighted by atomic mass is 35.5. The highest BCUT2D eigenvalue weighted by Crippen LogP contribution is 2.55. The Hall–Kier alpha value is -3.47. The normalized spacial score (nSPS) is 23.3. The van der Waals surface area contributed by atoms with Gasteiger partial charge in [0.05, 0.1) is 45.9 Å². The number of aromatic carboxylic acids is 1. The summed E-state index contributed by atoms with van der Waals surface area (Å²) in [5.41, 5.74) is 2.23. The largest absolute Gasteiger partial charge is 0.496 e. The minimum absolute atomic E-state index is 0.127. The van der Waals surface area contributed by atoms with E-state index in [1.807, 2.05) is 0 Å². The summed E-state index contributed by atoms with van der Waals surface area (Å²) >= 11 is 13.0. The van der Waals surface area contributed by atoms with Gasteiger partial charge in [-0.05, 0) is 69.6 Å². The number of pyridine rings is 1. The van der Waals surface area contributed by atoms with Gasteiger partial charge in [0.15, 0.2) is 0 Å². The third-order valence-corrected chi connectivity index (χ3v) is 9.70. The third-order valence-electron chi connectivity index (χ3n) is 9.12. The van der Waals surface area contributed by atoms with Crippen LogP contribution in [0, 0.1) is 0 Å². The molecule has 0 amide bonds. The summed E-state index contributed by atoms with van der Waals surface area (Å²) in [5.74, 6) is 1.54. The van der Waals surface area contributed by atoms with Crippen LogP contribution in [-0.2, 0) is 16.8 Å². The predicted octanol–water partition coefficient (Wildman–Crippen LogP) is 7.24. The number of fused-ring (bicyclic) bond motifs is 3. The Morgan fingerprint density at radius 3 is 2.40 bits per heavy atom. The van der Waals surface area contributed by atoms with E-state index >= 15 is 0 Å². The number of carbonyl (C=O) groups is 1. The van der Waals surface area contributed by atoms with Gasteiger partial charge in [0.1, 0.15) is 17.2 Å². The van der Waals surface area contributed by atoms with Crippen LogP contribution in [0.5, 0.6) is 5.75 Å². The lowest BCUT2D eigenvalue weighted by atomic mass is 9.58. The molecule has 1 N–H and O–H groups in total. The molecule has 2 bridgehead atoms. The molecule has 4 aliphatic carbocycles. The van der Waals surface area contributed by atoms with E-state index in [4.69, 9.17) is 46.7 Å². The second kappa shape index (κ2) is 10.4. The summed E-state index contributed by atoms with van der Waals surface area (Å²) in [5, 5.41) is 18.9. The summed E-state index contributed by atoms with van der Waals surface area (Å²) in [6, 6.07) is 4.60. The quantitative estimate of drug-likeness (QED) is 0.206. The van der Waals surface area contributed by atoms with E-state index in [9.17, 15) is 9.90 Å². The third kappa shape index (κ3) is 4.66. The Balaban J connectivity index is 1.10. The molecule has 0 unspecified atom stereocenters. The Morgan fingerprint density at radius 2 is 1.76 bits per heavy atom. The number of hydrogen-bond donors (Lipinski definition) is 1. The molecular weight excluding hydrogens is 583 g/mol. The first-order valence-electron chi connectivity index (χ1n) is 14.0. The van der Waals surface area contributed by atoms with E-state index in [0.29, 0.717) is 56.9 Å². The SMILES string of the molecule is COc1ccc(C(=O)O)cc1-c1noc(C23CCC(OCc4c(-c5c(Cl)cncc5Cl)noc4C4CC4)(CC2)CC3)n1. The van der Waals surface area contributed by atoms with E-state index in [-0.39, 0.29) is 16.6 Å². The summed E-state index contributed by atoms with van der Waals surface area (Å²) in [6.45, 7) is 0.358. The molecule has 3 heterocycles. The number of carboxylic acids is 1. The van der Waals surface area contributed by atoms with Crippen LogP contribution in [0.3, 0.4) is 0 Å². The van der Waals surface area contributed by atoms with E-state index in [2.05, 4.69) is 15.3 Å². The first kappa shape index (κ1) is 27.4. The van der Waals surface area contributed by atoms with Crippen molar-refractivity contribution in [2.45, 2.75) is 74.9 Å². The number of hydrogen-bond acceptors (Lipinski definition) is 9. The summed E-state index contributed by atoms with van der Waals surface area (Å²) < 4.78 is 23.8. The molecule has 0 aliphatic heterocycles. The smallest absolute Gasteiger partial charge is 0.335 e. The van der Waals surface area contributed by atoms with Crippen molar-refractivity contribution in [1.29, 1.82) is 0 Å². The van der Waals surface area contributed by atoms with Crippen LogP contribution < -0.4 is 4.74 Å². The average molecular weight is 611 g/mol. The van der Waals surface area contributed by atoms with Crippen LogP contribution in [0.1, 0.15) is 84.9 Å². The zero-order valence-corrected chi connectivity index (χ0v) is 24.4. The minimum atomic E-state index is -1.04. The minimum Gasteiger partial charge on any atom is -0.496 e. The zero-order chi connectivity index (χ0) is 29.1. The van der Waals surface area contributed by atoms with Crippen molar-refractivity contribution >= 4 is 29.2 Å². The maximum atomic E-state index is 11.5. The maximum Gasteiger partial charge on any atom is 0.335 e. The fourth-order valence-corrected chi connectivity index (χ4v) is 6.98. The van der Waals surface area contributed by atoms with Crippen LogP contribution >= 0.6 is 23.2 Å². The van der Waals surface area contributed by atoms with Crippen molar-refractivity contribution in [3.05, 3.63) is 63.4 Å². The maximum absolute atomic E-state index is 11.5. The number of halogens is 2. The predicted molar refractivity (Wildman–Crippen MR) is 152 cm³/mol. The summed E-state index contributed by atoms with van der Waals surface area (Å²) in [4.78, 5) is 20.4. The van der Waals surface area contributed by atoms with Gasteiger partial charge in [-0.2, -0.15) is 4.98 Å². The number of carboxylic acid groups (broad SMARTS) is 1. The molecule has 218 valence electrons. The lowest BCUT2D eigenvalue weighted by molar-refractivity contribution is -0.130. The van der Waals surface area contributed by atoms with Crippen LogP contribution in [0.4, 0.5) is 0 Å². The fourth-order valence-electron chi connectivity index (χ4n) is 6.44. The van der Waals surface area contributed by atoms with E-state index in [0.717, 1.165) is 62.7 Å². The van der Waals surface area contributed by atoms with Gasteiger partial charge < -0.3 is 23.6 Å². The van der Waals surface area contributed by atoms with Gasteiger partial charge in [-0.3, -0.25) is 4.98 Å². The van der Waals surface area contributed by atoms with Crippen LogP contribution in [0.25, 0.3) is 22.6 Å². The highest BCUT2D eigenvalue weighted by Gasteiger charge is 2.53. The molecule has 0 radical (unpaired) electrons. The lowest BCUT2D eigenvalue weighted by Gasteiger charge is -2.51. The summed E-state index contributed by atoms with van der Waals surface area (Å²) in [6.07, 6.45) is 10.3. The molecule has 4 aromatic rings. The van der Waals surface area contributed by atoms with Gasteiger partial charge in [0, 0.05) is 29.4 Å². The van der Waals surface area contributed by atoms with Crippen molar-refractivity contribution in [3.8, 4) is 28.4 Å². The van der Waals surface area contributed by atoms with Gasteiger partial charge in [-0.1, -0.05) is 33.5 Å². The number of benzene rings is 1. The van der Waals surface area contributed by atoms with Gasteiger partial charge in [-0.15, -0.1) is 0 Å². The monoisotopic (exact) mass is 610 g/mol. The van der Waals surface area contributed by atoms with Crippen molar-refractivity contribution < 1.29 is 28.4 Å². The number of rotatable bonds is 9. The molecule has 12 heteroatoms. The van der Waals surface area contributed by atoms with Gasteiger partial charge in [0.25, 0.3) is 0 Å². The highest BCUT2D eigenvalue weighted by molar-refractivity contribution is 6.38. The molecular formula is C30H28Cl2N4O6. The standard InChI is InChI=1S/C30H28Cl2N4O6/c1-39-22-5-4-17(27(37)38)12-18(22)26-34-28(42-36-26)29-6-9-30(10-7-29,11-8-29)40-15-19-24(35-41-25(19)16-2-3-16)23-20(31)13-33-14-21(23)32/h4-5,12-14,16H,2-3,6-11,15H2,1H3,(H,37,38). The van der Waals surface area contributed by atoms with Gasteiger partial charge in [0.2, 0.25) is 11.7 Å². The molecule has 4 fully saturated rings. The molecule has 10 nitrogen and oxygen atoms in total. The number of ether oxygens (including phenoxy) is 2. The van der Waals surface area contributed by atoms with Crippen LogP contribution in [-0.4, -0.2) is 44.1 Å². The molecule has 8 rings (SSSR count).